The van der Waals surface area contributed by atoms with Crippen molar-refractivity contribution < 1.29 is 4.39 Å². The largest absolute Gasteiger partial charge is 0.258 e. The first-order valence-electron chi connectivity index (χ1n) is 2.63. The molecule has 0 spiro atoms. The second-order valence-corrected chi connectivity index (χ2v) is 2.08. The fourth-order valence-electron chi connectivity index (χ4n) is 0.527. The van der Waals surface area contributed by atoms with Gasteiger partial charge in [-0.1, -0.05) is 0 Å². The molecular weight excluding hydrogens is 136 g/mol. The van der Waals surface area contributed by atoms with Crippen LogP contribution in [0.15, 0.2) is 18.3 Å². The van der Waals surface area contributed by atoms with Gasteiger partial charge in [0.05, 0.1) is 6.20 Å². The summed E-state index contributed by atoms with van der Waals surface area (Å²) in [5.41, 5.74) is 0.890. The topological polar surface area (TPSA) is 12.9 Å². The molecule has 0 aromatic carbocycles. The van der Waals surface area contributed by atoms with E-state index >= 15 is 0 Å². The lowest BCUT2D eigenvalue weighted by molar-refractivity contribution is 0.620. The van der Waals surface area contributed by atoms with Crippen LogP contribution in [0, 0.1) is 5.82 Å². The summed E-state index contributed by atoms with van der Waals surface area (Å²) in [5.74, 6) is -0.280. The molecule has 1 aromatic rings. The Bertz CT molecular complexity index is 185. The Kier molecular flexibility index (Phi) is 2.12. The van der Waals surface area contributed by atoms with Gasteiger partial charge in [-0.15, -0.1) is 9.24 Å². The molecule has 0 aliphatic heterocycles. The lowest BCUT2D eigenvalue weighted by atomic mass is 10.4. The van der Waals surface area contributed by atoms with Gasteiger partial charge in [0.2, 0.25) is 0 Å². The Morgan fingerprint density at radius 1 is 1.56 bits per heavy atom. The van der Waals surface area contributed by atoms with Crippen LogP contribution in [0.1, 0.15) is 5.69 Å². The maximum atomic E-state index is 12.2. The zero-order chi connectivity index (χ0) is 6.69. The van der Waals surface area contributed by atoms with Crippen LogP contribution in [0.4, 0.5) is 4.39 Å². The van der Waals surface area contributed by atoms with Crippen LogP contribution in [-0.4, -0.2) is 4.98 Å². The van der Waals surface area contributed by atoms with E-state index < -0.39 is 0 Å². The fourth-order valence-corrected chi connectivity index (χ4v) is 0.769. The van der Waals surface area contributed by atoms with Crippen molar-refractivity contribution in [1.82, 2.24) is 4.98 Å². The summed E-state index contributed by atoms with van der Waals surface area (Å²) < 4.78 is 12.2. The second kappa shape index (κ2) is 2.88. The number of rotatable bonds is 1. The minimum Gasteiger partial charge on any atom is -0.258 e. The summed E-state index contributed by atoms with van der Waals surface area (Å²) in [6, 6.07) is 3.08. The predicted molar refractivity (Wildman–Crippen MR) is 37.6 cm³/mol. The molecule has 9 heavy (non-hydrogen) atoms. The molecule has 0 aliphatic rings. The van der Waals surface area contributed by atoms with Gasteiger partial charge < -0.3 is 0 Å². The lowest BCUT2D eigenvalue weighted by Crippen LogP contribution is -1.83. The lowest BCUT2D eigenvalue weighted by Gasteiger charge is -1.91. The van der Waals surface area contributed by atoms with Crippen molar-refractivity contribution in [2.45, 2.75) is 6.16 Å². The molecule has 3 heteroatoms. The Hall–Kier alpha value is -0.490. The van der Waals surface area contributed by atoms with Gasteiger partial charge in [-0.2, -0.15) is 0 Å². The van der Waals surface area contributed by atoms with E-state index in [2.05, 4.69) is 14.2 Å². The second-order valence-electron chi connectivity index (χ2n) is 1.67. The third kappa shape index (κ3) is 1.72. The SMILES string of the molecule is Fc1ccc(CP)nc1. The number of hydrogen-bond acceptors (Lipinski definition) is 1. The van der Waals surface area contributed by atoms with Gasteiger partial charge in [0.15, 0.2) is 0 Å². The van der Waals surface area contributed by atoms with Crippen molar-refractivity contribution in [1.29, 1.82) is 0 Å². The van der Waals surface area contributed by atoms with Crippen LogP contribution < -0.4 is 0 Å². The van der Waals surface area contributed by atoms with E-state index in [-0.39, 0.29) is 5.82 Å². The highest BCUT2D eigenvalue weighted by molar-refractivity contribution is 7.15. The third-order valence-corrected chi connectivity index (χ3v) is 1.42. The van der Waals surface area contributed by atoms with Crippen molar-refractivity contribution in [2.24, 2.45) is 0 Å². The zero-order valence-electron chi connectivity index (χ0n) is 4.84. The van der Waals surface area contributed by atoms with Crippen molar-refractivity contribution in [3.8, 4) is 0 Å². The van der Waals surface area contributed by atoms with Gasteiger partial charge in [0, 0.05) is 11.9 Å². The molecule has 0 fully saturated rings. The summed E-state index contributed by atoms with van der Waals surface area (Å²) in [6.45, 7) is 0. The molecule has 0 saturated carbocycles. The highest BCUT2D eigenvalue weighted by Gasteiger charge is 1.89. The number of aromatic nitrogens is 1. The summed E-state index contributed by atoms with van der Waals surface area (Å²) in [6.07, 6.45) is 2.00. The number of hydrogen-bond donors (Lipinski definition) is 0. The van der Waals surface area contributed by atoms with Crippen LogP contribution in [0.5, 0.6) is 0 Å². The zero-order valence-corrected chi connectivity index (χ0v) is 6.00. The Morgan fingerprint density at radius 2 is 2.33 bits per heavy atom. The maximum Gasteiger partial charge on any atom is 0.141 e. The minimum atomic E-state index is -0.280. The first-order valence-corrected chi connectivity index (χ1v) is 3.45. The quantitative estimate of drug-likeness (QED) is 0.544. The molecule has 0 saturated heterocycles. The molecule has 1 atom stereocenters. The van der Waals surface area contributed by atoms with Gasteiger partial charge in [-0.3, -0.25) is 4.98 Å². The van der Waals surface area contributed by atoms with Crippen LogP contribution in [-0.2, 0) is 6.16 Å². The highest BCUT2D eigenvalue weighted by Crippen LogP contribution is 2.01. The molecule has 1 aromatic heterocycles. The number of halogens is 1. The normalized spacial score (nSPS) is 9.56. The van der Waals surface area contributed by atoms with Crippen molar-refractivity contribution in [3.05, 3.63) is 29.8 Å². The Labute approximate surface area is 55.5 Å². The molecule has 0 radical (unpaired) electrons. The van der Waals surface area contributed by atoms with Gasteiger partial charge in [0.25, 0.3) is 0 Å². The monoisotopic (exact) mass is 143 g/mol. The van der Waals surface area contributed by atoms with Crippen molar-refractivity contribution in [3.63, 3.8) is 0 Å². The van der Waals surface area contributed by atoms with E-state index in [4.69, 9.17) is 0 Å². The standard InChI is InChI=1S/C6H7FNP/c7-5-1-2-6(4-9)8-3-5/h1-3H,4,9H2. The third-order valence-electron chi connectivity index (χ3n) is 0.998. The molecule has 1 heterocycles. The van der Waals surface area contributed by atoms with Crippen molar-refractivity contribution >= 4 is 9.24 Å². The van der Waals surface area contributed by atoms with Gasteiger partial charge in [-0.25, -0.2) is 4.39 Å². The summed E-state index contributed by atoms with van der Waals surface area (Å²) in [4.78, 5) is 3.80. The van der Waals surface area contributed by atoms with Gasteiger partial charge in [-0.05, 0) is 12.1 Å². The first-order chi connectivity index (χ1) is 4.33. The van der Waals surface area contributed by atoms with E-state index in [0.717, 1.165) is 11.9 Å². The molecule has 0 bridgehead atoms. The molecule has 1 unspecified atom stereocenters. The molecular formula is C6H7FNP. The van der Waals surface area contributed by atoms with Crippen LogP contribution >= 0.6 is 9.24 Å². The number of nitrogens with zero attached hydrogens (tertiary/aromatic N) is 1. The highest BCUT2D eigenvalue weighted by atomic mass is 31.0. The number of pyridine rings is 1. The summed E-state index contributed by atoms with van der Waals surface area (Å²) >= 11 is 0. The molecule has 0 N–H and O–H groups in total. The predicted octanol–water partition coefficient (Wildman–Crippen LogP) is 1.60. The van der Waals surface area contributed by atoms with E-state index in [1.807, 2.05) is 0 Å². The van der Waals surface area contributed by atoms with E-state index in [0.29, 0.717) is 0 Å². The van der Waals surface area contributed by atoms with Gasteiger partial charge >= 0.3 is 0 Å². The maximum absolute atomic E-state index is 12.2. The van der Waals surface area contributed by atoms with E-state index in [9.17, 15) is 4.39 Å². The molecule has 0 amide bonds. The fraction of sp³-hybridized carbons (Fsp3) is 0.167. The van der Waals surface area contributed by atoms with Crippen LogP contribution in [0.2, 0.25) is 0 Å². The Morgan fingerprint density at radius 3 is 2.78 bits per heavy atom. The molecule has 48 valence electrons. The molecule has 0 aliphatic carbocycles. The average molecular weight is 143 g/mol. The van der Waals surface area contributed by atoms with Crippen LogP contribution in [0.3, 0.4) is 0 Å². The van der Waals surface area contributed by atoms with E-state index in [1.165, 1.54) is 12.3 Å². The van der Waals surface area contributed by atoms with E-state index in [1.54, 1.807) is 6.07 Å². The minimum absolute atomic E-state index is 0.280. The first kappa shape index (κ1) is 6.63. The molecule has 1 nitrogen and oxygen atoms in total. The van der Waals surface area contributed by atoms with Crippen molar-refractivity contribution in [2.75, 3.05) is 0 Å². The average Bonchev–Trinajstić information content (AvgIpc) is 1.90. The summed E-state index contributed by atoms with van der Waals surface area (Å²) in [7, 11) is 2.52. The molecule has 1 rings (SSSR count). The summed E-state index contributed by atoms with van der Waals surface area (Å²) in [5, 5.41) is 0. The van der Waals surface area contributed by atoms with Crippen LogP contribution in [0.25, 0.3) is 0 Å². The van der Waals surface area contributed by atoms with Gasteiger partial charge in [0.1, 0.15) is 5.82 Å². The Balaban J connectivity index is 2.88. The smallest absolute Gasteiger partial charge is 0.141 e.